The second-order valence-electron chi connectivity index (χ2n) is 5.25. The lowest BCUT2D eigenvalue weighted by Gasteiger charge is -2.12. The molecule has 23 heavy (non-hydrogen) atoms. The highest BCUT2D eigenvalue weighted by Gasteiger charge is 2.07. The molecule has 0 aliphatic heterocycles. The summed E-state index contributed by atoms with van der Waals surface area (Å²) in [5.41, 5.74) is 0. The van der Waals surface area contributed by atoms with Gasteiger partial charge in [0.15, 0.2) is 0 Å². The third kappa shape index (κ3) is 5.95. The van der Waals surface area contributed by atoms with E-state index in [9.17, 15) is 0 Å². The summed E-state index contributed by atoms with van der Waals surface area (Å²) in [5.74, 6) is 1.82. The van der Waals surface area contributed by atoms with Gasteiger partial charge in [-0.3, -0.25) is 0 Å². The molecule has 0 spiro atoms. The standard InChI is InChI=1S/C18H21Br3O2/c19-9-1-3-11-22-15-6-7-16-14(13-15)5-8-17(18(16)21)23-12-4-2-10-20/h5-8,13H,1-4,9-12H2. The molecule has 2 aromatic rings. The second kappa shape index (κ2) is 10.6. The van der Waals surface area contributed by atoms with E-state index >= 15 is 0 Å². The number of alkyl halides is 2. The van der Waals surface area contributed by atoms with Crippen LogP contribution in [-0.2, 0) is 0 Å². The molecule has 0 aromatic heterocycles. The number of benzene rings is 2. The van der Waals surface area contributed by atoms with E-state index in [-0.39, 0.29) is 0 Å². The lowest BCUT2D eigenvalue weighted by Crippen LogP contribution is -1.99. The highest BCUT2D eigenvalue weighted by molar-refractivity contribution is 9.10. The van der Waals surface area contributed by atoms with Crippen LogP contribution in [0.15, 0.2) is 34.8 Å². The first kappa shape index (κ1) is 19.1. The first-order valence-electron chi connectivity index (χ1n) is 7.86. The van der Waals surface area contributed by atoms with Crippen LogP contribution in [0.2, 0.25) is 0 Å². The predicted molar refractivity (Wildman–Crippen MR) is 109 cm³/mol. The fourth-order valence-electron chi connectivity index (χ4n) is 2.22. The van der Waals surface area contributed by atoms with Crippen molar-refractivity contribution >= 4 is 58.6 Å². The van der Waals surface area contributed by atoms with Gasteiger partial charge in [0.25, 0.3) is 0 Å². The molecule has 0 aliphatic carbocycles. The minimum atomic E-state index is 0.741. The molecule has 0 saturated heterocycles. The van der Waals surface area contributed by atoms with E-state index in [1.807, 2.05) is 12.1 Å². The van der Waals surface area contributed by atoms with E-state index in [1.54, 1.807) is 0 Å². The maximum Gasteiger partial charge on any atom is 0.134 e. The molecule has 0 N–H and O–H groups in total. The molecule has 0 heterocycles. The van der Waals surface area contributed by atoms with Crippen LogP contribution < -0.4 is 9.47 Å². The molecule has 2 rings (SSSR count). The van der Waals surface area contributed by atoms with Crippen LogP contribution in [0, 0.1) is 0 Å². The molecule has 0 saturated carbocycles. The Hall–Kier alpha value is -0.260. The molecule has 0 fully saturated rings. The molecule has 0 amide bonds. The zero-order valence-electron chi connectivity index (χ0n) is 13.0. The van der Waals surface area contributed by atoms with Gasteiger partial charge in [-0.2, -0.15) is 0 Å². The maximum atomic E-state index is 5.87. The Morgan fingerprint density at radius 2 is 1.48 bits per heavy atom. The van der Waals surface area contributed by atoms with Crippen LogP contribution in [0.25, 0.3) is 10.8 Å². The molecule has 0 bridgehead atoms. The fraction of sp³-hybridized carbons (Fsp3) is 0.444. The average Bonchev–Trinajstić information content (AvgIpc) is 2.57. The third-order valence-corrected chi connectivity index (χ3v) is 5.41. The van der Waals surface area contributed by atoms with Crippen molar-refractivity contribution in [1.82, 2.24) is 0 Å². The van der Waals surface area contributed by atoms with E-state index in [1.165, 1.54) is 0 Å². The largest absolute Gasteiger partial charge is 0.494 e. The average molecular weight is 509 g/mol. The monoisotopic (exact) mass is 506 g/mol. The Morgan fingerprint density at radius 3 is 2.17 bits per heavy atom. The lowest BCUT2D eigenvalue weighted by atomic mass is 10.1. The Kier molecular flexibility index (Phi) is 8.77. The predicted octanol–water partition coefficient (Wildman–Crippen LogP) is 6.71. The molecule has 2 nitrogen and oxygen atoms in total. The van der Waals surface area contributed by atoms with E-state index in [0.29, 0.717) is 0 Å². The number of hydrogen-bond donors (Lipinski definition) is 0. The van der Waals surface area contributed by atoms with E-state index in [2.05, 4.69) is 66.0 Å². The van der Waals surface area contributed by atoms with Crippen molar-refractivity contribution in [2.75, 3.05) is 23.9 Å². The SMILES string of the molecule is BrCCCCOc1ccc2c(Br)c(OCCCCBr)ccc2c1. The normalized spacial score (nSPS) is 10.9. The molecule has 5 heteroatoms. The van der Waals surface area contributed by atoms with Crippen molar-refractivity contribution in [2.24, 2.45) is 0 Å². The van der Waals surface area contributed by atoms with Gasteiger partial charge in [0.05, 0.1) is 17.7 Å². The summed E-state index contributed by atoms with van der Waals surface area (Å²) in [6, 6.07) is 10.3. The number of ether oxygens (including phenoxy) is 2. The summed E-state index contributed by atoms with van der Waals surface area (Å²) in [5, 5.41) is 4.35. The third-order valence-electron chi connectivity index (χ3n) is 3.47. The minimum Gasteiger partial charge on any atom is -0.494 e. The quantitative estimate of drug-likeness (QED) is 0.262. The first-order valence-corrected chi connectivity index (χ1v) is 10.9. The summed E-state index contributed by atoms with van der Waals surface area (Å²) < 4.78 is 12.7. The van der Waals surface area contributed by atoms with E-state index in [0.717, 1.165) is 76.3 Å². The van der Waals surface area contributed by atoms with Crippen LogP contribution in [0.4, 0.5) is 0 Å². The summed E-state index contributed by atoms with van der Waals surface area (Å²) in [6.07, 6.45) is 4.38. The molecule has 0 radical (unpaired) electrons. The van der Waals surface area contributed by atoms with Crippen LogP contribution in [0.1, 0.15) is 25.7 Å². The van der Waals surface area contributed by atoms with Gasteiger partial charge in [-0.25, -0.2) is 0 Å². The van der Waals surface area contributed by atoms with Crippen molar-refractivity contribution in [1.29, 1.82) is 0 Å². The van der Waals surface area contributed by atoms with Crippen molar-refractivity contribution < 1.29 is 9.47 Å². The molecule has 2 aromatic carbocycles. The van der Waals surface area contributed by atoms with Crippen LogP contribution in [0.5, 0.6) is 11.5 Å². The molecule has 126 valence electrons. The highest BCUT2D eigenvalue weighted by Crippen LogP contribution is 2.35. The van der Waals surface area contributed by atoms with Crippen molar-refractivity contribution in [3.05, 3.63) is 34.8 Å². The molecular weight excluding hydrogens is 488 g/mol. The molecular formula is C18H21Br3O2. The number of fused-ring (bicyclic) bond motifs is 1. The van der Waals surface area contributed by atoms with Gasteiger partial charge in [-0.05, 0) is 76.7 Å². The smallest absolute Gasteiger partial charge is 0.134 e. The zero-order valence-corrected chi connectivity index (χ0v) is 17.8. The zero-order chi connectivity index (χ0) is 16.5. The molecule has 0 unspecified atom stereocenters. The summed E-state index contributed by atoms with van der Waals surface area (Å²) in [4.78, 5) is 0. The summed E-state index contributed by atoms with van der Waals surface area (Å²) in [7, 11) is 0. The van der Waals surface area contributed by atoms with Gasteiger partial charge in [0.1, 0.15) is 11.5 Å². The first-order chi connectivity index (χ1) is 11.3. The number of unbranched alkanes of at least 4 members (excludes halogenated alkanes) is 2. The van der Waals surface area contributed by atoms with Crippen LogP contribution in [0.3, 0.4) is 0 Å². The topological polar surface area (TPSA) is 18.5 Å². The van der Waals surface area contributed by atoms with Crippen molar-refractivity contribution in [3.8, 4) is 11.5 Å². The lowest BCUT2D eigenvalue weighted by molar-refractivity contribution is 0.308. The van der Waals surface area contributed by atoms with E-state index in [4.69, 9.17) is 9.47 Å². The van der Waals surface area contributed by atoms with Gasteiger partial charge in [0.2, 0.25) is 0 Å². The Labute approximate surface area is 163 Å². The fourth-order valence-corrected chi connectivity index (χ4v) is 3.62. The van der Waals surface area contributed by atoms with Gasteiger partial charge < -0.3 is 9.47 Å². The summed E-state index contributed by atoms with van der Waals surface area (Å²) in [6.45, 7) is 1.50. The second-order valence-corrected chi connectivity index (χ2v) is 7.63. The van der Waals surface area contributed by atoms with Gasteiger partial charge in [-0.15, -0.1) is 0 Å². The van der Waals surface area contributed by atoms with Gasteiger partial charge >= 0.3 is 0 Å². The Balaban J connectivity index is 2.03. The molecule has 0 aliphatic rings. The maximum absolute atomic E-state index is 5.87. The Bertz CT molecular complexity index is 616. The number of halogens is 3. The number of hydrogen-bond acceptors (Lipinski definition) is 2. The van der Waals surface area contributed by atoms with Crippen LogP contribution >= 0.6 is 47.8 Å². The van der Waals surface area contributed by atoms with Crippen LogP contribution in [-0.4, -0.2) is 23.9 Å². The summed E-state index contributed by atoms with van der Waals surface area (Å²) >= 11 is 10.5. The highest BCUT2D eigenvalue weighted by atomic mass is 79.9. The van der Waals surface area contributed by atoms with E-state index < -0.39 is 0 Å². The van der Waals surface area contributed by atoms with Crippen molar-refractivity contribution in [3.63, 3.8) is 0 Å². The van der Waals surface area contributed by atoms with Crippen molar-refractivity contribution in [2.45, 2.75) is 25.7 Å². The van der Waals surface area contributed by atoms with Gasteiger partial charge in [-0.1, -0.05) is 37.9 Å². The van der Waals surface area contributed by atoms with Gasteiger partial charge in [0, 0.05) is 10.7 Å². The number of rotatable bonds is 10. The molecule has 0 atom stereocenters. The minimum absolute atomic E-state index is 0.741. The Morgan fingerprint density at radius 1 is 0.783 bits per heavy atom.